The van der Waals surface area contributed by atoms with Gasteiger partial charge in [0, 0.05) is 11.8 Å². The molecule has 0 saturated carbocycles. The van der Waals surface area contributed by atoms with E-state index in [0.29, 0.717) is 0 Å². The molecule has 2 rings (SSSR count). The van der Waals surface area contributed by atoms with Gasteiger partial charge in [-0.2, -0.15) is 11.8 Å². The van der Waals surface area contributed by atoms with Crippen molar-refractivity contribution in [2.24, 2.45) is 5.73 Å². The van der Waals surface area contributed by atoms with E-state index in [0.717, 1.165) is 17.3 Å². The quantitative estimate of drug-likeness (QED) is 0.889. The van der Waals surface area contributed by atoms with Crippen molar-refractivity contribution in [3.63, 3.8) is 0 Å². The summed E-state index contributed by atoms with van der Waals surface area (Å²) in [5.74, 6) is 2.79. The Morgan fingerprint density at radius 3 is 2.72 bits per heavy atom. The first kappa shape index (κ1) is 13.2. The van der Waals surface area contributed by atoms with Gasteiger partial charge in [0.25, 0.3) is 0 Å². The van der Waals surface area contributed by atoms with Gasteiger partial charge in [0.2, 0.25) is 0 Å². The molecule has 0 aliphatic rings. The minimum atomic E-state index is 0.0873. The summed E-state index contributed by atoms with van der Waals surface area (Å²) in [6, 6.07) is 10.5. The predicted molar refractivity (Wildman–Crippen MR) is 77.7 cm³/mol. The highest BCUT2D eigenvalue weighted by molar-refractivity contribution is 7.98. The van der Waals surface area contributed by atoms with Gasteiger partial charge in [0.15, 0.2) is 0 Å². The predicted octanol–water partition coefficient (Wildman–Crippen LogP) is 3.83. The molecule has 1 aromatic carbocycles. The number of aryl methyl sites for hydroxylation is 2. The van der Waals surface area contributed by atoms with Crippen LogP contribution < -0.4 is 5.73 Å². The summed E-state index contributed by atoms with van der Waals surface area (Å²) in [6.07, 6.45) is 1.71. The highest BCUT2D eigenvalue weighted by Crippen LogP contribution is 2.21. The summed E-state index contributed by atoms with van der Waals surface area (Å²) in [5, 5.41) is 0. The van der Waals surface area contributed by atoms with E-state index in [9.17, 15) is 0 Å². The highest BCUT2D eigenvalue weighted by atomic mass is 32.2. The van der Waals surface area contributed by atoms with Crippen molar-refractivity contribution in [3.8, 4) is 0 Å². The van der Waals surface area contributed by atoms with Gasteiger partial charge in [-0.05, 0) is 42.7 Å². The Morgan fingerprint density at radius 2 is 2.06 bits per heavy atom. The average Bonchev–Trinajstić information content (AvgIpc) is 2.85. The Balaban J connectivity index is 1.87. The van der Waals surface area contributed by atoms with E-state index in [2.05, 4.69) is 32.0 Å². The first-order chi connectivity index (χ1) is 8.66. The van der Waals surface area contributed by atoms with Crippen LogP contribution in [0.1, 0.15) is 28.5 Å². The normalized spacial score (nSPS) is 12.6. The maximum atomic E-state index is 6.20. The SMILES string of the molecule is Cc1ccc(C(N)CSCc2ccco2)cc1C. The summed E-state index contributed by atoms with van der Waals surface area (Å²) < 4.78 is 5.29. The van der Waals surface area contributed by atoms with Crippen LogP contribution in [0.2, 0.25) is 0 Å². The lowest BCUT2D eigenvalue weighted by Gasteiger charge is -2.13. The molecule has 1 heterocycles. The van der Waals surface area contributed by atoms with Gasteiger partial charge in [-0.25, -0.2) is 0 Å². The van der Waals surface area contributed by atoms with Gasteiger partial charge in [-0.3, -0.25) is 0 Å². The first-order valence-corrected chi connectivity index (χ1v) is 7.25. The van der Waals surface area contributed by atoms with Crippen LogP contribution in [-0.4, -0.2) is 5.75 Å². The second-order valence-corrected chi connectivity index (χ2v) is 5.57. The van der Waals surface area contributed by atoms with Gasteiger partial charge < -0.3 is 10.2 Å². The number of thioether (sulfide) groups is 1. The average molecular weight is 261 g/mol. The number of hydrogen-bond donors (Lipinski definition) is 1. The fourth-order valence-electron chi connectivity index (χ4n) is 1.77. The van der Waals surface area contributed by atoms with E-state index in [1.54, 1.807) is 18.0 Å². The van der Waals surface area contributed by atoms with Crippen molar-refractivity contribution >= 4 is 11.8 Å². The standard InChI is InChI=1S/C15H19NOS/c1-11-5-6-13(8-12(11)2)15(16)10-18-9-14-4-3-7-17-14/h3-8,15H,9-10,16H2,1-2H3. The van der Waals surface area contributed by atoms with Crippen LogP contribution in [0.15, 0.2) is 41.0 Å². The van der Waals surface area contributed by atoms with E-state index in [-0.39, 0.29) is 6.04 Å². The molecule has 0 aliphatic carbocycles. The zero-order valence-electron chi connectivity index (χ0n) is 10.8. The number of furan rings is 1. The third-order valence-electron chi connectivity index (χ3n) is 3.08. The largest absolute Gasteiger partial charge is 0.468 e. The molecular formula is C15H19NOS. The molecule has 0 radical (unpaired) electrons. The fraction of sp³-hybridized carbons (Fsp3) is 0.333. The number of hydrogen-bond acceptors (Lipinski definition) is 3. The maximum absolute atomic E-state index is 6.20. The van der Waals surface area contributed by atoms with Crippen LogP contribution in [0.25, 0.3) is 0 Å². The molecule has 2 N–H and O–H groups in total. The fourth-order valence-corrected chi connectivity index (χ4v) is 2.70. The second-order valence-electron chi connectivity index (χ2n) is 4.54. The molecular weight excluding hydrogens is 242 g/mol. The van der Waals surface area contributed by atoms with Crippen LogP contribution >= 0.6 is 11.8 Å². The Kier molecular flexibility index (Phi) is 4.50. The molecule has 96 valence electrons. The molecule has 0 aliphatic heterocycles. The van der Waals surface area contributed by atoms with E-state index >= 15 is 0 Å². The summed E-state index contributed by atoms with van der Waals surface area (Å²) in [5.41, 5.74) is 10.0. The van der Waals surface area contributed by atoms with E-state index in [4.69, 9.17) is 10.2 Å². The van der Waals surface area contributed by atoms with Crippen LogP contribution in [0.3, 0.4) is 0 Å². The minimum Gasteiger partial charge on any atom is -0.468 e. The van der Waals surface area contributed by atoms with Gasteiger partial charge in [-0.15, -0.1) is 0 Å². The van der Waals surface area contributed by atoms with Gasteiger partial charge in [-0.1, -0.05) is 18.2 Å². The summed E-state index contributed by atoms with van der Waals surface area (Å²) in [4.78, 5) is 0. The lowest BCUT2D eigenvalue weighted by Crippen LogP contribution is -2.13. The van der Waals surface area contributed by atoms with Gasteiger partial charge in [0.1, 0.15) is 5.76 Å². The summed E-state index contributed by atoms with van der Waals surface area (Å²) in [7, 11) is 0. The van der Waals surface area contributed by atoms with Crippen molar-refractivity contribution in [3.05, 3.63) is 59.0 Å². The van der Waals surface area contributed by atoms with Crippen LogP contribution in [0.5, 0.6) is 0 Å². The highest BCUT2D eigenvalue weighted by Gasteiger charge is 2.07. The molecule has 0 bridgehead atoms. The molecule has 2 nitrogen and oxygen atoms in total. The molecule has 1 atom stereocenters. The number of rotatable bonds is 5. The topological polar surface area (TPSA) is 39.2 Å². The van der Waals surface area contributed by atoms with Gasteiger partial charge in [0.05, 0.1) is 12.0 Å². The van der Waals surface area contributed by atoms with Crippen molar-refractivity contribution < 1.29 is 4.42 Å². The molecule has 1 unspecified atom stereocenters. The molecule has 1 aromatic heterocycles. The summed E-state index contributed by atoms with van der Waals surface area (Å²) >= 11 is 1.81. The third-order valence-corrected chi connectivity index (χ3v) is 4.16. The molecule has 3 heteroatoms. The van der Waals surface area contributed by atoms with Crippen LogP contribution in [-0.2, 0) is 5.75 Å². The Labute approximate surface area is 113 Å². The van der Waals surface area contributed by atoms with E-state index < -0.39 is 0 Å². The molecule has 0 saturated heterocycles. The minimum absolute atomic E-state index is 0.0873. The smallest absolute Gasteiger partial charge is 0.113 e. The lowest BCUT2D eigenvalue weighted by molar-refractivity contribution is 0.530. The van der Waals surface area contributed by atoms with Crippen molar-refractivity contribution in [2.45, 2.75) is 25.6 Å². The number of benzene rings is 1. The molecule has 2 aromatic rings. The molecule has 0 fully saturated rings. The molecule has 0 spiro atoms. The molecule has 0 amide bonds. The Hall–Kier alpha value is -1.19. The zero-order chi connectivity index (χ0) is 13.0. The van der Waals surface area contributed by atoms with Gasteiger partial charge >= 0.3 is 0 Å². The Bertz CT molecular complexity index is 493. The monoisotopic (exact) mass is 261 g/mol. The first-order valence-electron chi connectivity index (χ1n) is 6.09. The van der Waals surface area contributed by atoms with E-state index in [1.165, 1.54) is 16.7 Å². The zero-order valence-corrected chi connectivity index (χ0v) is 11.7. The Morgan fingerprint density at radius 1 is 1.22 bits per heavy atom. The number of nitrogens with two attached hydrogens (primary N) is 1. The maximum Gasteiger partial charge on any atom is 0.113 e. The van der Waals surface area contributed by atoms with E-state index in [1.807, 2.05) is 12.1 Å². The van der Waals surface area contributed by atoms with Crippen LogP contribution in [0, 0.1) is 13.8 Å². The lowest BCUT2D eigenvalue weighted by atomic mass is 10.0. The van der Waals surface area contributed by atoms with Crippen molar-refractivity contribution in [1.29, 1.82) is 0 Å². The van der Waals surface area contributed by atoms with Crippen molar-refractivity contribution in [2.75, 3.05) is 5.75 Å². The summed E-state index contributed by atoms with van der Waals surface area (Å²) in [6.45, 7) is 4.25. The van der Waals surface area contributed by atoms with Crippen molar-refractivity contribution in [1.82, 2.24) is 0 Å². The van der Waals surface area contributed by atoms with Crippen LogP contribution in [0.4, 0.5) is 0 Å². The third kappa shape index (κ3) is 3.40. The molecule has 18 heavy (non-hydrogen) atoms. The second kappa shape index (κ2) is 6.12.